The number of carbonyl (C=O) groups is 2. The molecule has 22 heteroatoms. The zero-order chi connectivity index (χ0) is 47.8. The lowest BCUT2D eigenvalue weighted by Gasteiger charge is -2.37. The molecule has 0 saturated carbocycles. The lowest BCUT2D eigenvalue weighted by molar-refractivity contribution is -0.275. The second-order valence-electron chi connectivity index (χ2n) is 14.7. The molecule has 4 aromatic carbocycles. The van der Waals surface area contributed by atoms with Crippen molar-refractivity contribution < 1.29 is 81.9 Å². The smallest absolute Gasteiger partial charge is 0.480 e. The summed E-state index contributed by atoms with van der Waals surface area (Å²) in [7, 11) is -8.40. The van der Waals surface area contributed by atoms with Crippen molar-refractivity contribution in [2.45, 2.75) is 72.0 Å². The average Bonchev–Trinajstić information content (AvgIpc) is 3.25. The van der Waals surface area contributed by atoms with E-state index in [9.17, 15) is 63.0 Å². The zero-order valence-corrected chi connectivity index (χ0v) is 36.0. The van der Waals surface area contributed by atoms with Crippen LogP contribution in [-0.4, -0.2) is 110 Å². The van der Waals surface area contributed by atoms with Gasteiger partial charge in [0.1, 0.15) is 34.5 Å². The highest BCUT2D eigenvalue weighted by Gasteiger charge is 2.54. The normalized spacial score (nSPS) is 16.5. The molecule has 6 rings (SSSR count). The van der Waals surface area contributed by atoms with Gasteiger partial charge in [-0.15, -0.1) is 32.8 Å². The van der Waals surface area contributed by atoms with E-state index in [-0.39, 0.29) is 79.0 Å². The molecule has 2 saturated heterocycles. The molecule has 358 valence electrons. The average molecular weight is 973 g/mol. The quantitative estimate of drug-likeness (QED) is 0.0906. The van der Waals surface area contributed by atoms with Crippen molar-refractivity contribution in [1.82, 2.24) is 9.80 Å². The van der Waals surface area contributed by atoms with Crippen molar-refractivity contribution in [2.24, 2.45) is 0 Å². The summed E-state index contributed by atoms with van der Waals surface area (Å²) in [6.45, 7) is 4.18. The lowest BCUT2D eigenvalue weighted by Crippen LogP contribution is -2.54. The third-order valence-electron chi connectivity index (χ3n) is 10.8. The van der Waals surface area contributed by atoms with E-state index in [1.165, 1.54) is 72.8 Å². The van der Waals surface area contributed by atoms with Gasteiger partial charge in [0.05, 0.1) is 16.3 Å². The summed E-state index contributed by atoms with van der Waals surface area (Å²) in [6, 6.07) is 19.8. The zero-order valence-electron chi connectivity index (χ0n) is 34.3. The number of terminal acetylenes is 1. The molecule has 4 aromatic rings. The highest BCUT2D eigenvalue weighted by Crippen LogP contribution is 2.39. The van der Waals surface area contributed by atoms with Gasteiger partial charge in [-0.3, -0.25) is 14.5 Å². The molecule has 2 N–H and O–H groups in total. The van der Waals surface area contributed by atoms with Crippen LogP contribution in [0.5, 0.6) is 34.5 Å². The SMILES string of the molecule is C.C#CCN1CCC(C(=O)O)(S(=O)(=O)c2ccc(Oc3ccc(OC(F)(F)F)cc3)cc2)CC1.CCN1CCC(C(=O)O)(S(=O)(=O)c2ccc(Oc3ccc(OC(F)(F)F)cc3)cc2)CC1. The number of ether oxygens (including phenoxy) is 4. The molecule has 14 nitrogen and oxygen atoms in total. The molecule has 2 heterocycles. The van der Waals surface area contributed by atoms with E-state index in [1.54, 1.807) is 0 Å². The molecule has 0 unspecified atom stereocenters. The second kappa shape index (κ2) is 21.1. The number of sulfone groups is 2. The highest BCUT2D eigenvalue weighted by molar-refractivity contribution is 7.94. The largest absolute Gasteiger partial charge is 0.573 e. The maximum atomic E-state index is 13.3. The number of alkyl halides is 6. The molecular formula is C44H46F6N2O12S2. The van der Waals surface area contributed by atoms with Gasteiger partial charge in [0.15, 0.2) is 29.2 Å². The van der Waals surface area contributed by atoms with Crippen molar-refractivity contribution in [3.8, 4) is 46.8 Å². The fourth-order valence-corrected chi connectivity index (χ4v) is 10.9. The summed E-state index contributed by atoms with van der Waals surface area (Å²) < 4.78 is 141. The van der Waals surface area contributed by atoms with Gasteiger partial charge >= 0.3 is 24.7 Å². The van der Waals surface area contributed by atoms with Gasteiger partial charge in [0, 0.05) is 26.2 Å². The number of rotatable bonds is 14. The Bertz CT molecular complexity index is 2530. The third-order valence-corrected chi connectivity index (χ3v) is 15.8. The van der Waals surface area contributed by atoms with E-state index in [2.05, 4.69) is 15.4 Å². The van der Waals surface area contributed by atoms with E-state index in [0.29, 0.717) is 26.2 Å². The molecule has 0 aromatic heterocycles. The first-order valence-corrected chi connectivity index (χ1v) is 22.5. The Morgan fingerprint density at radius 3 is 1.11 bits per heavy atom. The Hall–Kier alpha value is -6.02. The van der Waals surface area contributed by atoms with E-state index in [1.807, 2.05) is 16.7 Å². The first-order chi connectivity index (χ1) is 30.4. The van der Waals surface area contributed by atoms with Gasteiger partial charge in [-0.05, 0) is 129 Å². The Morgan fingerprint density at radius 2 is 0.848 bits per heavy atom. The van der Waals surface area contributed by atoms with Gasteiger partial charge in [-0.2, -0.15) is 0 Å². The molecule has 0 atom stereocenters. The molecule has 0 spiro atoms. The number of carboxylic acid groups (broad SMARTS) is 2. The molecule has 0 radical (unpaired) electrons. The van der Waals surface area contributed by atoms with Crippen molar-refractivity contribution in [1.29, 1.82) is 0 Å². The first-order valence-electron chi connectivity index (χ1n) is 19.6. The van der Waals surface area contributed by atoms with Crippen LogP contribution in [0.3, 0.4) is 0 Å². The fourth-order valence-electron chi connectivity index (χ4n) is 7.14. The minimum Gasteiger partial charge on any atom is -0.480 e. The van der Waals surface area contributed by atoms with Gasteiger partial charge < -0.3 is 34.1 Å². The van der Waals surface area contributed by atoms with Crippen LogP contribution in [0.25, 0.3) is 0 Å². The van der Waals surface area contributed by atoms with Crippen LogP contribution in [0.15, 0.2) is 107 Å². The van der Waals surface area contributed by atoms with Gasteiger partial charge in [-0.25, -0.2) is 16.8 Å². The number of likely N-dealkylation sites (tertiary alicyclic amines) is 2. The topological polar surface area (TPSA) is 186 Å². The third kappa shape index (κ3) is 12.4. The second-order valence-corrected chi connectivity index (χ2v) is 19.2. The summed E-state index contributed by atoms with van der Waals surface area (Å²) in [6.07, 6.45) is -4.56. The van der Waals surface area contributed by atoms with E-state index in [0.717, 1.165) is 24.3 Å². The number of hydrogen-bond donors (Lipinski definition) is 2. The van der Waals surface area contributed by atoms with Crippen LogP contribution >= 0.6 is 0 Å². The number of carboxylic acids is 2. The molecular weight excluding hydrogens is 927 g/mol. The predicted molar refractivity (Wildman–Crippen MR) is 227 cm³/mol. The minimum atomic E-state index is -4.81. The number of halogens is 6. The Labute approximate surface area is 377 Å². The summed E-state index contributed by atoms with van der Waals surface area (Å²) >= 11 is 0. The number of piperidine rings is 2. The summed E-state index contributed by atoms with van der Waals surface area (Å²) in [4.78, 5) is 27.6. The van der Waals surface area contributed by atoms with Crippen LogP contribution in [0.4, 0.5) is 26.3 Å². The number of nitrogens with zero attached hydrogens (tertiary/aromatic N) is 2. The standard InChI is InChI=1S/C22H20F3NO6S.C21H22F3NO6S.CH4/c1-2-13-26-14-11-21(12-15-26,20(27)28)33(29,30)19-9-7-17(8-10-19)31-16-3-5-18(6-4-16)32-22(23,24)25;1-2-25-13-11-20(12-14-25,19(26)27)32(28,29)18-9-7-16(8-10-18)30-15-3-5-17(6-4-15)31-21(22,23)24;/h1,3-10H,11-15H2,(H,27,28);3-10H,2,11-14H2,1H3,(H,26,27);1H4. The Kier molecular flexibility index (Phi) is 16.8. The molecule has 0 amide bonds. The minimum absolute atomic E-state index is 0. The van der Waals surface area contributed by atoms with Crippen LogP contribution in [0.2, 0.25) is 0 Å². The van der Waals surface area contributed by atoms with E-state index in [4.69, 9.17) is 15.9 Å². The molecule has 2 aliphatic rings. The Balaban J connectivity index is 0.000000284. The monoisotopic (exact) mass is 972 g/mol. The number of aliphatic carboxylic acids is 2. The fraction of sp³-hybridized carbons (Fsp3) is 0.364. The number of benzene rings is 4. The van der Waals surface area contributed by atoms with E-state index >= 15 is 0 Å². The van der Waals surface area contributed by atoms with Crippen molar-refractivity contribution in [3.63, 3.8) is 0 Å². The predicted octanol–water partition coefficient (Wildman–Crippen LogP) is 8.43. The molecule has 0 aliphatic carbocycles. The molecule has 2 fully saturated rings. The van der Waals surface area contributed by atoms with Crippen LogP contribution in [0.1, 0.15) is 40.0 Å². The molecule has 0 bridgehead atoms. The van der Waals surface area contributed by atoms with Crippen LogP contribution in [0, 0.1) is 12.3 Å². The van der Waals surface area contributed by atoms with Crippen molar-refractivity contribution in [2.75, 3.05) is 39.3 Å². The summed E-state index contributed by atoms with van der Waals surface area (Å²) in [5.74, 6) is -0.275. The van der Waals surface area contributed by atoms with E-state index < -0.39 is 65.3 Å². The lowest BCUT2D eigenvalue weighted by atomic mass is 9.96. The van der Waals surface area contributed by atoms with Crippen LogP contribution in [-0.2, 0) is 29.3 Å². The van der Waals surface area contributed by atoms with Gasteiger partial charge in [0.2, 0.25) is 0 Å². The maximum Gasteiger partial charge on any atom is 0.573 e. The van der Waals surface area contributed by atoms with Gasteiger partial charge in [0.25, 0.3) is 0 Å². The maximum absolute atomic E-state index is 13.3. The number of hydrogen-bond acceptors (Lipinski definition) is 12. The van der Waals surface area contributed by atoms with Crippen molar-refractivity contribution >= 4 is 31.6 Å². The Morgan fingerprint density at radius 1 is 0.576 bits per heavy atom. The molecule has 2 aliphatic heterocycles. The summed E-state index contributed by atoms with van der Waals surface area (Å²) in [5, 5.41) is 19.6. The highest BCUT2D eigenvalue weighted by atomic mass is 32.2. The van der Waals surface area contributed by atoms with Gasteiger partial charge in [-0.1, -0.05) is 20.3 Å². The molecule has 66 heavy (non-hydrogen) atoms. The first kappa shape index (κ1) is 52.6. The van der Waals surface area contributed by atoms with Crippen LogP contribution < -0.4 is 18.9 Å². The van der Waals surface area contributed by atoms with Crippen molar-refractivity contribution in [3.05, 3.63) is 97.1 Å². The summed E-state index contributed by atoms with van der Waals surface area (Å²) in [5.41, 5.74) is 0.